The van der Waals surface area contributed by atoms with Crippen LogP contribution in [0.2, 0.25) is 0 Å². The summed E-state index contributed by atoms with van der Waals surface area (Å²) in [6.07, 6.45) is 3.79. The van der Waals surface area contributed by atoms with E-state index in [9.17, 15) is 18.3 Å². The molecule has 0 aromatic carbocycles. The number of ether oxygens (including phenoxy) is 1. The number of rotatable bonds is 5. The van der Waals surface area contributed by atoms with Crippen LogP contribution in [0.1, 0.15) is 39.0 Å². The normalized spacial score (nSPS) is 24.4. The molecule has 0 bridgehead atoms. The maximum atomic E-state index is 12.7. The highest BCUT2D eigenvalue weighted by molar-refractivity contribution is 7.89. The SMILES string of the molecule is COCC(C)(O)C(=O)N1CCC(S(=O)(=O)N2CCCCC2)CC1. The summed E-state index contributed by atoms with van der Waals surface area (Å²) in [6.45, 7) is 3.30. The first-order chi connectivity index (χ1) is 10.8. The molecule has 0 saturated carbocycles. The van der Waals surface area contributed by atoms with Gasteiger partial charge in [-0.15, -0.1) is 0 Å². The van der Waals surface area contributed by atoms with Crippen molar-refractivity contribution in [1.29, 1.82) is 0 Å². The van der Waals surface area contributed by atoms with Crippen LogP contribution >= 0.6 is 0 Å². The zero-order valence-corrected chi connectivity index (χ0v) is 14.8. The van der Waals surface area contributed by atoms with E-state index in [2.05, 4.69) is 0 Å². The lowest BCUT2D eigenvalue weighted by Gasteiger charge is -2.37. The second-order valence-corrected chi connectivity index (χ2v) is 8.92. The molecule has 2 rings (SSSR count). The highest BCUT2D eigenvalue weighted by atomic mass is 32.2. The van der Waals surface area contributed by atoms with Gasteiger partial charge in [-0.1, -0.05) is 6.42 Å². The van der Waals surface area contributed by atoms with E-state index >= 15 is 0 Å². The van der Waals surface area contributed by atoms with Gasteiger partial charge in [0.2, 0.25) is 10.0 Å². The lowest BCUT2D eigenvalue weighted by molar-refractivity contribution is -0.155. The van der Waals surface area contributed by atoms with Gasteiger partial charge in [-0.05, 0) is 32.6 Å². The minimum absolute atomic E-state index is 0.0716. The van der Waals surface area contributed by atoms with Gasteiger partial charge in [0.1, 0.15) is 0 Å². The van der Waals surface area contributed by atoms with Crippen molar-refractivity contribution in [3.8, 4) is 0 Å². The predicted octanol–water partition coefficient (Wildman–Crippen LogP) is 0.191. The number of piperidine rings is 2. The summed E-state index contributed by atoms with van der Waals surface area (Å²) in [7, 11) is -1.84. The molecule has 134 valence electrons. The van der Waals surface area contributed by atoms with E-state index in [1.807, 2.05) is 0 Å². The molecule has 0 spiro atoms. The zero-order chi connectivity index (χ0) is 17.1. The highest BCUT2D eigenvalue weighted by Gasteiger charge is 2.40. The molecule has 0 aromatic rings. The molecule has 1 atom stereocenters. The van der Waals surface area contributed by atoms with Crippen LogP contribution in [0.4, 0.5) is 0 Å². The van der Waals surface area contributed by atoms with Crippen molar-refractivity contribution in [2.45, 2.75) is 49.9 Å². The number of methoxy groups -OCH3 is 1. The fraction of sp³-hybridized carbons (Fsp3) is 0.933. The van der Waals surface area contributed by atoms with Crippen LogP contribution in [-0.2, 0) is 19.6 Å². The molecule has 0 aliphatic carbocycles. The van der Waals surface area contributed by atoms with Gasteiger partial charge in [-0.2, -0.15) is 0 Å². The molecule has 2 aliphatic heterocycles. The summed E-state index contributed by atoms with van der Waals surface area (Å²) in [5, 5.41) is 9.70. The summed E-state index contributed by atoms with van der Waals surface area (Å²) >= 11 is 0. The Labute approximate surface area is 138 Å². The standard InChI is InChI=1S/C15H28N2O5S/c1-15(19,12-22-2)14(18)16-10-6-13(7-11-16)23(20,21)17-8-4-3-5-9-17/h13,19H,3-12H2,1-2H3. The molecule has 0 aromatic heterocycles. The Morgan fingerprint density at radius 2 is 1.74 bits per heavy atom. The van der Waals surface area contributed by atoms with E-state index in [0.29, 0.717) is 39.0 Å². The Balaban J connectivity index is 1.94. The van der Waals surface area contributed by atoms with Crippen molar-refractivity contribution in [2.24, 2.45) is 0 Å². The molecule has 2 aliphatic rings. The van der Waals surface area contributed by atoms with E-state index in [1.54, 1.807) is 9.21 Å². The second-order valence-electron chi connectivity index (χ2n) is 6.70. The smallest absolute Gasteiger partial charge is 0.256 e. The zero-order valence-electron chi connectivity index (χ0n) is 14.0. The number of nitrogens with zero attached hydrogens (tertiary/aromatic N) is 2. The van der Waals surface area contributed by atoms with Crippen LogP contribution < -0.4 is 0 Å². The second kappa shape index (κ2) is 7.46. The van der Waals surface area contributed by atoms with Crippen molar-refractivity contribution >= 4 is 15.9 Å². The number of sulfonamides is 1. The topological polar surface area (TPSA) is 87.1 Å². The molecule has 8 heteroatoms. The molecule has 1 unspecified atom stereocenters. The van der Waals surface area contributed by atoms with Gasteiger partial charge < -0.3 is 14.7 Å². The molecule has 2 heterocycles. The van der Waals surface area contributed by atoms with Gasteiger partial charge in [-0.3, -0.25) is 4.79 Å². The molecule has 2 fully saturated rings. The van der Waals surface area contributed by atoms with Crippen molar-refractivity contribution in [1.82, 2.24) is 9.21 Å². The molecular formula is C15H28N2O5S. The highest BCUT2D eigenvalue weighted by Crippen LogP contribution is 2.25. The lowest BCUT2D eigenvalue weighted by Crippen LogP contribution is -2.54. The van der Waals surface area contributed by atoms with Crippen LogP contribution in [0.25, 0.3) is 0 Å². The Bertz CT molecular complexity index is 506. The molecular weight excluding hydrogens is 320 g/mol. The Kier molecular flexibility index (Phi) is 6.05. The maximum Gasteiger partial charge on any atom is 0.256 e. The van der Waals surface area contributed by atoms with Crippen LogP contribution in [0.15, 0.2) is 0 Å². The van der Waals surface area contributed by atoms with Gasteiger partial charge in [0.15, 0.2) is 5.60 Å². The summed E-state index contributed by atoms with van der Waals surface area (Å²) in [5.74, 6) is -0.395. The Morgan fingerprint density at radius 3 is 2.26 bits per heavy atom. The first kappa shape index (κ1) is 18.6. The fourth-order valence-electron chi connectivity index (χ4n) is 3.37. The molecule has 1 amide bonds. The Hall–Kier alpha value is -0.700. The van der Waals surface area contributed by atoms with Gasteiger partial charge in [-0.25, -0.2) is 12.7 Å². The third kappa shape index (κ3) is 4.23. The Morgan fingerprint density at radius 1 is 1.17 bits per heavy atom. The summed E-state index contributed by atoms with van der Waals surface area (Å²) in [4.78, 5) is 13.8. The van der Waals surface area contributed by atoms with Crippen molar-refractivity contribution in [3.63, 3.8) is 0 Å². The van der Waals surface area contributed by atoms with Crippen LogP contribution in [0.5, 0.6) is 0 Å². The molecule has 0 radical (unpaired) electrons. The van der Waals surface area contributed by atoms with E-state index < -0.39 is 26.8 Å². The van der Waals surface area contributed by atoms with Gasteiger partial charge >= 0.3 is 0 Å². The largest absolute Gasteiger partial charge is 0.381 e. The monoisotopic (exact) mass is 348 g/mol. The average Bonchev–Trinajstić information content (AvgIpc) is 2.55. The van der Waals surface area contributed by atoms with Crippen LogP contribution in [0, 0.1) is 0 Å². The van der Waals surface area contributed by atoms with Gasteiger partial charge in [0, 0.05) is 33.3 Å². The number of aliphatic hydroxyl groups is 1. The molecule has 7 nitrogen and oxygen atoms in total. The number of hydrogen-bond donors (Lipinski definition) is 1. The van der Waals surface area contributed by atoms with E-state index in [4.69, 9.17) is 4.74 Å². The number of amides is 1. The maximum absolute atomic E-state index is 12.7. The van der Waals surface area contributed by atoms with E-state index in [-0.39, 0.29) is 6.61 Å². The number of carbonyl (C=O) groups excluding carboxylic acids is 1. The summed E-state index contributed by atoms with van der Waals surface area (Å²) in [6, 6.07) is 0. The lowest BCUT2D eigenvalue weighted by atomic mass is 10.0. The number of carbonyl (C=O) groups is 1. The van der Waals surface area contributed by atoms with E-state index in [0.717, 1.165) is 19.3 Å². The first-order valence-corrected chi connectivity index (χ1v) is 9.79. The predicted molar refractivity (Wildman–Crippen MR) is 86.4 cm³/mol. The van der Waals surface area contributed by atoms with Crippen molar-refractivity contribution in [3.05, 3.63) is 0 Å². The molecule has 2 saturated heterocycles. The third-order valence-electron chi connectivity index (χ3n) is 4.71. The fourth-order valence-corrected chi connectivity index (χ4v) is 5.37. The van der Waals surface area contributed by atoms with E-state index in [1.165, 1.54) is 14.0 Å². The summed E-state index contributed by atoms with van der Waals surface area (Å²) in [5.41, 5.74) is -1.56. The van der Waals surface area contributed by atoms with Gasteiger partial charge in [0.05, 0.1) is 11.9 Å². The van der Waals surface area contributed by atoms with Crippen LogP contribution in [-0.4, -0.2) is 79.4 Å². The molecule has 1 N–H and O–H groups in total. The average molecular weight is 348 g/mol. The molecule has 23 heavy (non-hydrogen) atoms. The van der Waals surface area contributed by atoms with Gasteiger partial charge in [0.25, 0.3) is 5.91 Å². The summed E-state index contributed by atoms with van der Waals surface area (Å²) < 4.78 is 31.8. The number of hydrogen-bond acceptors (Lipinski definition) is 5. The van der Waals surface area contributed by atoms with Crippen molar-refractivity contribution in [2.75, 3.05) is 39.9 Å². The third-order valence-corrected chi connectivity index (χ3v) is 7.11. The quantitative estimate of drug-likeness (QED) is 0.766. The minimum Gasteiger partial charge on any atom is -0.381 e. The minimum atomic E-state index is -3.27. The first-order valence-electron chi connectivity index (χ1n) is 8.28. The van der Waals surface area contributed by atoms with Crippen molar-refractivity contribution < 1.29 is 23.1 Å². The number of likely N-dealkylation sites (tertiary alicyclic amines) is 1. The van der Waals surface area contributed by atoms with Crippen LogP contribution in [0.3, 0.4) is 0 Å².